The van der Waals surface area contributed by atoms with E-state index in [1.807, 2.05) is 20.8 Å². The first-order valence-electron chi connectivity index (χ1n) is 8.39. The van der Waals surface area contributed by atoms with Gasteiger partial charge < -0.3 is 4.42 Å². The van der Waals surface area contributed by atoms with Gasteiger partial charge in [-0.25, -0.2) is 13.8 Å². The standard InChI is InChI=1S/C20H17ClF5NO/c1-18(2,3)17-27-13-9-8-12(21)14(16(13)28-17)10-6-5-7-11(19(4,22)23)15(10)20(24,25)26/h5-9H,1-4H3. The van der Waals surface area contributed by atoms with Gasteiger partial charge in [-0.15, -0.1) is 0 Å². The molecular formula is C20H17ClF5NO. The molecule has 0 spiro atoms. The molecule has 0 saturated carbocycles. The first-order valence-corrected chi connectivity index (χ1v) is 8.77. The third kappa shape index (κ3) is 3.60. The Labute approximate surface area is 163 Å². The lowest BCUT2D eigenvalue weighted by molar-refractivity contribution is -0.141. The van der Waals surface area contributed by atoms with Crippen molar-refractivity contribution in [2.75, 3.05) is 0 Å². The van der Waals surface area contributed by atoms with Crippen LogP contribution in [0, 0.1) is 0 Å². The quantitative estimate of drug-likeness (QED) is 0.402. The minimum atomic E-state index is -5.02. The van der Waals surface area contributed by atoms with Gasteiger partial charge in [0, 0.05) is 23.5 Å². The highest BCUT2D eigenvalue weighted by molar-refractivity contribution is 6.34. The molecule has 3 rings (SSSR count). The maximum absolute atomic E-state index is 13.9. The van der Waals surface area contributed by atoms with E-state index in [0.717, 1.165) is 18.2 Å². The molecule has 3 aromatic rings. The number of fused-ring (bicyclic) bond motifs is 1. The SMILES string of the molecule is CC(C)(C)c1nc2ccc(Cl)c(-c3cccc(C(C)(F)F)c3C(F)(F)F)c2o1. The van der Waals surface area contributed by atoms with Crippen LogP contribution in [-0.4, -0.2) is 4.98 Å². The maximum Gasteiger partial charge on any atom is 0.417 e. The van der Waals surface area contributed by atoms with Crippen LogP contribution in [0.25, 0.3) is 22.2 Å². The highest BCUT2D eigenvalue weighted by Gasteiger charge is 2.43. The first kappa shape index (κ1) is 20.6. The number of hydrogen-bond acceptors (Lipinski definition) is 2. The fourth-order valence-electron chi connectivity index (χ4n) is 2.97. The van der Waals surface area contributed by atoms with Gasteiger partial charge in [0.2, 0.25) is 5.89 Å². The molecule has 0 unspecified atom stereocenters. The van der Waals surface area contributed by atoms with Gasteiger partial charge >= 0.3 is 6.18 Å². The van der Waals surface area contributed by atoms with Gasteiger partial charge in [-0.3, -0.25) is 0 Å². The van der Waals surface area contributed by atoms with Crippen LogP contribution >= 0.6 is 11.6 Å². The third-order valence-corrected chi connectivity index (χ3v) is 4.55. The molecule has 0 aliphatic carbocycles. The van der Waals surface area contributed by atoms with Crippen molar-refractivity contribution in [1.29, 1.82) is 0 Å². The molecule has 0 saturated heterocycles. The van der Waals surface area contributed by atoms with Crippen molar-refractivity contribution in [3.05, 3.63) is 52.4 Å². The van der Waals surface area contributed by atoms with Crippen molar-refractivity contribution in [2.45, 2.75) is 45.2 Å². The third-order valence-electron chi connectivity index (χ3n) is 4.24. The van der Waals surface area contributed by atoms with Crippen LogP contribution in [0.15, 0.2) is 34.7 Å². The topological polar surface area (TPSA) is 26.0 Å². The molecule has 1 heterocycles. The van der Waals surface area contributed by atoms with E-state index in [-0.39, 0.29) is 16.2 Å². The summed E-state index contributed by atoms with van der Waals surface area (Å²) in [6, 6.07) is 5.92. The van der Waals surface area contributed by atoms with Gasteiger partial charge in [-0.1, -0.05) is 50.6 Å². The molecular weight excluding hydrogens is 401 g/mol. The molecule has 2 nitrogen and oxygen atoms in total. The molecule has 150 valence electrons. The maximum atomic E-state index is 13.9. The minimum Gasteiger partial charge on any atom is -0.439 e. The summed E-state index contributed by atoms with van der Waals surface area (Å²) in [5.41, 5.74) is -3.33. The number of aromatic nitrogens is 1. The zero-order chi connectivity index (χ0) is 21.1. The van der Waals surface area contributed by atoms with Gasteiger partial charge in [-0.05, 0) is 17.7 Å². The molecule has 0 bridgehead atoms. The summed E-state index contributed by atoms with van der Waals surface area (Å²) < 4.78 is 75.1. The number of rotatable bonds is 2. The number of benzene rings is 2. The molecule has 0 aliphatic rings. The molecule has 8 heteroatoms. The van der Waals surface area contributed by atoms with E-state index in [0.29, 0.717) is 18.3 Å². The normalized spacial score (nSPS) is 13.4. The fourth-order valence-corrected chi connectivity index (χ4v) is 3.22. The van der Waals surface area contributed by atoms with E-state index >= 15 is 0 Å². The predicted molar refractivity (Wildman–Crippen MR) is 97.7 cm³/mol. The molecule has 0 aliphatic heterocycles. The number of oxazole rings is 1. The van der Waals surface area contributed by atoms with Crippen LogP contribution < -0.4 is 0 Å². The summed E-state index contributed by atoms with van der Waals surface area (Å²) >= 11 is 6.21. The average Bonchev–Trinajstić information content (AvgIpc) is 2.96. The van der Waals surface area contributed by atoms with Crippen molar-refractivity contribution in [3.8, 4) is 11.1 Å². The van der Waals surface area contributed by atoms with Gasteiger partial charge in [-0.2, -0.15) is 13.2 Å². The Morgan fingerprint density at radius 3 is 2.11 bits per heavy atom. The zero-order valence-corrected chi connectivity index (χ0v) is 16.3. The van der Waals surface area contributed by atoms with Crippen LogP contribution in [0.3, 0.4) is 0 Å². The van der Waals surface area contributed by atoms with Crippen molar-refractivity contribution in [3.63, 3.8) is 0 Å². The summed E-state index contributed by atoms with van der Waals surface area (Å²) in [7, 11) is 0. The number of hydrogen-bond donors (Lipinski definition) is 0. The summed E-state index contributed by atoms with van der Waals surface area (Å²) in [6.45, 7) is 5.92. The smallest absolute Gasteiger partial charge is 0.417 e. The van der Waals surface area contributed by atoms with Crippen molar-refractivity contribution in [1.82, 2.24) is 4.98 Å². The number of halogens is 6. The molecule has 0 N–H and O–H groups in total. The highest BCUT2D eigenvalue weighted by atomic mass is 35.5. The van der Waals surface area contributed by atoms with E-state index in [1.165, 1.54) is 12.1 Å². The fraction of sp³-hybridized carbons (Fsp3) is 0.350. The van der Waals surface area contributed by atoms with E-state index in [1.54, 1.807) is 0 Å². The average molecular weight is 418 g/mol. The summed E-state index contributed by atoms with van der Waals surface area (Å²) in [4.78, 5) is 4.32. The molecule has 2 aromatic carbocycles. The number of nitrogens with zero attached hydrogens (tertiary/aromatic N) is 1. The lowest BCUT2D eigenvalue weighted by Gasteiger charge is -2.21. The number of alkyl halides is 5. The Morgan fingerprint density at radius 2 is 1.57 bits per heavy atom. The Hall–Kier alpha value is -2.15. The van der Waals surface area contributed by atoms with Gasteiger partial charge in [0.25, 0.3) is 5.92 Å². The van der Waals surface area contributed by atoms with E-state index in [9.17, 15) is 22.0 Å². The minimum absolute atomic E-state index is 0.0273. The van der Waals surface area contributed by atoms with E-state index < -0.39 is 34.2 Å². The van der Waals surface area contributed by atoms with Crippen LogP contribution in [0.1, 0.15) is 44.7 Å². The van der Waals surface area contributed by atoms with Crippen LogP contribution in [0.5, 0.6) is 0 Å². The Balaban J connectivity index is 2.44. The molecule has 0 amide bonds. The van der Waals surface area contributed by atoms with Crippen molar-refractivity contribution in [2.24, 2.45) is 0 Å². The summed E-state index contributed by atoms with van der Waals surface area (Å²) in [5.74, 6) is -3.39. The van der Waals surface area contributed by atoms with E-state index in [4.69, 9.17) is 16.0 Å². The molecule has 28 heavy (non-hydrogen) atoms. The van der Waals surface area contributed by atoms with Crippen molar-refractivity contribution >= 4 is 22.7 Å². The summed E-state index contributed by atoms with van der Waals surface area (Å²) in [6.07, 6.45) is -5.02. The van der Waals surface area contributed by atoms with Gasteiger partial charge in [0.15, 0.2) is 5.58 Å². The molecule has 0 radical (unpaired) electrons. The van der Waals surface area contributed by atoms with Gasteiger partial charge in [0.05, 0.1) is 10.6 Å². The van der Waals surface area contributed by atoms with Crippen molar-refractivity contribution < 1.29 is 26.4 Å². The Bertz CT molecular complexity index is 1040. The molecule has 0 fully saturated rings. The second kappa shape index (κ2) is 6.44. The Morgan fingerprint density at radius 1 is 0.929 bits per heavy atom. The zero-order valence-electron chi connectivity index (χ0n) is 15.5. The molecule has 1 aromatic heterocycles. The lowest BCUT2D eigenvalue weighted by atomic mass is 9.92. The molecule has 0 atom stereocenters. The highest BCUT2D eigenvalue weighted by Crippen LogP contribution is 2.47. The monoisotopic (exact) mass is 417 g/mol. The van der Waals surface area contributed by atoms with Crippen LogP contribution in [0.2, 0.25) is 5.02 Å². The first-order chi connectivity index (χ1) is 12.7. The largest absolute Gasteiger partial charge is 0.439 e. The Kier molecular flexibility index (Phi) is 4.73. The second-order valence-electron chi connectivity index (χ2n) is 7.65. The van der Waals surface area contributed by atoms with E-state index in [2.05, 4.69) is 4.98 Å². The van der Waals surface area contributed by atoms with Crippen LogP contribution in [0.4, 0.5) is 22.0 Å². The van der Waals surface area contributed by atoms with Crippen LogP contribution in [-0.2, 0) is 17.5 Å². The lowest BCUT2D eigenvalue weighted by Crippen LogP contribution is -2.18. The predicted octanol–water partition coefficient (Wildman–Crippen LogP) is 7.58. The van der Waals surface area contributed by atoms with Gasteiger partial charge in [0.1, 0.15) is 5.52 Å². The second-order valence-corrected chi connectivity index (χ2v) is 8.06. The summed E-state index contributed by atoms with van der Waals surface area (Å²) in [5, 5.41) is -0.0498.